The van der Waals surface area contributed by atoms with Gasteiger partial charge in [0, 0.05) is 0 Å². The molecule has 1 aliphatic rings. The number of carbonyl (C=O) groups excluding carboxylic acids is 2. The van der Waals surface area contributed by atoms with E-state index >= 15 is 0 Å². The van der Waals surface area contributed by atoms with E-state index < -0.39 is 17.4 Å². The minimum atomic E-state index is -1.08. The second-order valence-electron chi connectivity index (χ2n) is 5.43. The topological polar surface area (TPSA) is 58.6 Å². The Labute approximate surface area is 136 Å². The van der Waals surface area contributed by atoms with E-state index in [1.54, 1.807) is 19.1 Å². The molecule has 23 heavy (non-hydrogen) atoms. The Morgan fingerprint density at radius 2 is 2.13 bits per heavy atom. The molecule has 0 radical (unpaired) electrons. The highest BCUT2D eigenvalue weighted by atomic mass is 32.1. The van der Waals surface area contributed by atoms with Gasteiger partial charge in [-0.05, 0) is 47.0 Å². The van der Waals surface area contributed by atoms with Crippen molar-refractivity contribution >= 4 is 23.3 Å². The highest BCUT2D eigenvalue weighted by Gasteiger charge is 2.49. The molecule has 2 heterocycles. The lowest BCUT2D eigenvalue weighted by Gasteiger charge is -2.20. The molecular formula is C16H15FN2O3S. The van der Waals surface area contributed by atoms with Crippen LogP contribution in [0.25, 0.3) is 0 Å². The van der Waals surface area contributed by atoms with Crippen molar-refractivity contribution in [3.8, 4) is 5.75 Å². The first-order valence-corrected chi connectivity index (χ1v) is 7.89. The minimum Gasteiger partial charge on any atom is -0.494 e. The van der Waals surface area contributed by atoms with Crippen LogP contribution in [0, 0.1) is 5.82 Å². The van der Waals surface area contributed by atoms with Crippen molar-refractivity contribution in [3.05, 3.63) is 52.0 Å². The van der Waals surface area contributed by atoms with Gasteiger partial charge in [0.25, 0.3) is 5.91 Å². The van der Waals surface area contributed by atoms with Gasteiger partial charge < -0.3 is 10.1 Å². The molecule has 5 nitrogen and oxygen atoms in total. The first-order chi connectivity index (χ1) is 11.0. The number of halogens is 1. The molecule has 3 rings (SSSR count). The molecule has 1 aromatic carbocycles. The van der Waals surface area contributed by atoms with Gasteiger partial charge in [-0.3, -0.25) is 9.69 Å². The predicted octanol–water partition coefficient (Wildman–Crippen LogP) is 2.86. The number of hydrogen-bond acceptors (Lipinski definition) is 4. The average molecular weight is 334 g/mol. The number of rotatable bonds is 4. The fourth-order valence-electron chi connectivity index (χ4n) is 2.58. The zero-order valence-corrected chi connectivity index (χ0v) is 13.4. The normalized spacial score (nSPS) is 20.7. The quantitative estimate of drug-likeness (QED) is 0.875. The Balaban J connectivity index is 1.85. The number of nitrogens with zero attached hydrogens (tertiary/aromatic N) is 1. The highest BCUT2D eigenvalue weighted by molar-refractivity contribution is 7.08. The highest BCUT2D eigenvalue weighted by Crippen LogP contribution is 2.31. The van der Waals surface area contributed by atoms with Crippen LogP contribution in [0.2, 0.25) is 0 Å². The van der Waals surface area contributed by atoms with Gasteiger partial charge in [-0.15, -0.1) is 0 Å². The van der Waals surface area contributed by atoms with Crippen LogP contribution in [-0.4, -0.2) is 23.9 Å². The smallest absolute Gasteiger partial charge is 0.325 e. The van der Waals surface area contributed by atoms with E-state index in [1.807, 2.05) is 10.8 Å². The summed E-state index contributed by atoms with van der Waals surface area (Å²) < 4.78 is 18.6. The number of benzene rings is 1. The maximum Gasteiger partial charge on any atom is 0.325 e. The van der Waals surface area contributed by atoms with Gasteiger partial charge in [-0.1, -0.05) is 6.07 Å². The van der Waals surface area contributed by atoms with Crippen LogP contribution in [-0.2, 0) is 16.9 Å². The summed E-state index contributed by atoms with van der Waals surface area (Å²) in [6.07, 6.45) is 0. The Morgan fingerprint density at radius 1 is 1.35 bits per heavy atom. The molecule has 0 saturated carbocycles. The molecule has 3 amide bonds. The summed E-state index contributed by atoms with van der Waals surface area (Å²) in [6, 6.07) is 5.68. The van der Waals surface area contributed by atoms with Crippen molar-refractivity contribution in [1.82, 2.24) is 10.2 Å². The van der Waals surface area contributed by atoms with Crippen LogP contribution in [0.5, 0.6) is 5.75 Å². The van der Waals surface area contributed by atoms with Crippen molar-refractivity contribution in [1.29, 1.82) is 0 Å². The standard InChI is InChI=1S/C16H15FN2O3S/c1-16(11-5-6-23-9-11)14(20)19(15(21)18-16)8-10-3-4-13(22-2)12(17)7-10/h3-7,9H,8H2,1-2H3,(H,18,21). The molecule has 1 aromatic heterocycles. The van der Waals surface area contributed by atoms with Crippen molar-refractivity contribution in [3.63, 3.8) is 0 Å². The molecule has 7 heteroatoms. The molecule has 1 unspecified atom stereocenters. The molecule has 0 bridgehead atoms. The summed E-state index contributed by atoms with van der Waals surface area (Å²) in [4.78, 5) is 26.0. The fourth-order valence-corrected chi connectivity index (χ4v) is 3.34. The van der Waals surface area contributed by atoms with Crippen molar-refractivity contribution < 1.29 is 18.7 Å². The van der Waals surface area contributed by atoms with E-state index in [4.69, 9.17) is 4.74 Å². The number of ether oxygens (including phenoxy) is 1. The van der Waals surface area contributed by atoms with Crippen molar-refractivity contribution in [2.45, 2.75) is 19.0 Å². The number of carbonyl (C=O) groups is 2. The van der Waals surface area contributed by atoms with Crippen LogP contribution in [0.4, 0.5) is 9.18 Å². The predicted molar refractivity (Wildman–Crippen MR) is 83.7 cm³/mol. The Bertz CT molecular complexity index is 763. The second kappa shape index (κ2) is 5.66. The Hall–Kier alpha value is -2.41. The van der Waals surface area contributed by atoms with Crippen LogP contribution in [0.1, 0.15) is 18.1 Å². The fraction of sp³-hybridized carbons (Fsp3) is 0.250. The van der Waals surface area contributed by atoms with E-state index in [2.05, 4.69) is 5.32 Å². The van der Waals surface area contributed by atoms with E-state index in [9.17, 15) is 14.0 Å². The Morgan fingerprint density at radius 3 is 2.74 bits per heavy atom. The molecule has 120 valence electrons. The second-order valence-corrected chi connectivity index (χ2v) is 6.21. The molecule has 1 aliphatic heterocycles. The lowest BCUT2D eigenvalue weighted by molar-refractivity contribution is -0.131. The number of imide groups is 1. The van der Waals surface area contributed by atoms with E-state index in [1.165, 1.54) is 30.6 Å². The number of urea groups is 1. The summed E-state index contributed by atoms with van der Waals surface area (Å²) in [7, 11) is 1.38. The molecule has 0 aliphatic carbocycles. The molecule has 1 atom stereocenters. The number of nitrogens with one attached hydrogen (secondary N) is 1. The van der Waals surface area contributed by atoms with Crippen LogP contribution < -0.4 is 10.1 Å². The SMILES string of the molecule is COc1ccc(CN2C(=O)NC(C)(c3ccsc3)C2=O)cc1F. The van der Waals surface area contributed by atoms with Gasteiger partial charge in [0.2, 0.25) is 0 Å². The maximum absolute atomic E-state index is 13.8. The molecule has 1 fully saturated rings. The summed E-state index contributed by atoms with van der Waals surface area (Å²) in [5.41, 5.74) is 0.174. The summed E-state index contributed by atoms with van der Waals surface area (Å²) in [5, 5.41) is 6.39. The lowest BCUT2D eigenvalue weighted by atomic mass is 9.95. The third kappa shape index (κ3) is 2.57. The van der Waals surface area contributed by atoms with Crippen LogP contribution in [0.3, 0.4) is 0 Å². The Kier molecular flexibility index (Phi) is 3.81. The number of thiophene rings is 1. The molecule has 0 spiro atoms. The van der Waals surface area contributed by atoms with Gasteiger partial charge in [-0.25, -0.2) is 9.18 Å². The average Bonchev–Trinajstić information content (AvgIpc) is 3.12. The van der Waals surface area contributed by atoms with Crippen LogP contribution >= 0.6 is 11.3 Å². The number of amides is 3. The van der Waals surface area contributed by atoms with Crippen molar-refractivity contribution in [2.24, 2.45) is 0 Å². The maximum atomic E-state index is 13.8. The number of hydrogen-bond donors (Lipinski definition) is 1. The van der Waals surface area contributed by atoms with Crippen molar-refractivity contribution in [2.75, 3.05) is 7.11 Å². The zero-order valence-electron chi connectivity index (χ0n) is 12.6. The van der Waals surface area contributed by atoms with E-state index in [-0.39, 0.29) is 18.2 Å². The molecular weight excluding hydrogens is 319 g/mol. The molecule has 1 saturated heterocycles. The summed E-state index contributed by atoms with van der Waals surface area (Å²) in [5.74, 6) is -0.760. The van der Waals surface area contributed by atoms with Gasteiger partial charge >= 0.3 is 6.03 Å². The monoisotopic (exact) mass is 334 g/mol. The minimum absolute atomic E-state index is 0.00527. The third-order valence-corrected chi connectivity index (χ3v) is 4.61. The van der Waals surface area contributed by atoms with Gasteiger partial charge in [-0.2, -0.15) is 11.3 Å². The van der Waals surface area contributed by atoms with E-state index in [0.717, 1.165) is 10.5 Å². The van der Waals surface area contributed by atoms with Gasteiger partial charge in [0.15, 0.2) is 11.6 Å². The largest absolute Gasteiger partial charge is 0.494 e. The lowest BCUT2D eigenvalue weighted by Crippen LogP contribution is -2.40. The molecule has 2 aromatic rings. The third-order valence-electron chi connectivity index (χ3n) is 3.93. The first kappa shape index (κ1) is 15.5. The molecule has 1 N–H and O–H groups in total. The summed E-state index contributed by atoms with van der Waals surface area (Å²) in [6.45, 7) is 1.68. The van der Waals surface area contributed by atoms with Gasteiger partial charge in [0.1, 0.15) is 5.54 Å². The first-order valence-electron chi connectivity index (χ1n) is 6.95. The zero-order chi connectivity index (χ0) is 16.6. The van der Waals surface area contributed by atoms with Gasteiger partial charge in [0.05, 0.1) is 13.7 Å². The summed E-state index contributed by atoms with van der Waals surface area (Å²) >= 11 is 1.45. The van der Waals surface area contributed by atoms with E-state index in [0.29, 0.717) is 5.56 Å². The van der Waals surface area contributed by atoms with Crippen LogP contribution in [0.15, 0.2) is 35.0 Å². The number of methoxy groups -OCH3 is 1.